The molecule has 0 bridgehead atoms. The smallest absolute Gasteiger partial charge is 0.416 e. The summed E-state index contributed by atoms with van der Waals surface area (Å²) in [5, 5.41) is 8.72. The van der Waals surface area contributed by atoms with Gasteiger partial charge in [0.15, 0.2) is 0 Å². The Morgan fingerprint density at radius 3 is 1.91 bits per heavy atom. The molecule has 112 valence electrons. The summed E-state index contributed by atoms with van der Waals surface area (Å²) in [6.07, 6.45) is 1.39. The first-order valence-electron chi connectivity index (χ1n) is 6.75. The SMILES string of the molecule is CC(=CC#N)CP(=O)(Oc1ccccc1)Oc1ccccc1. The summed E-state index contributed by atoms with van der Waals surface area (Å²) in [7, 11) is -3.47. The van der Waals surface area contributed by atoms with Gasteiger partial charge in [-0.1, -0.05) is 36.4 Å². The maximum Gasteiger partial charge on any atom is 0.434 e. The molecule has 2 rings (SSSR count). The minimum absolute atomic E-state index is 0.0460. The number of hydrogen-bond donors (Lipinski definition) is 0. The van der Waals surface area contributed by atoms with Crippen LogP contribution in [0.4, 0.5) is 0 Å². The van der Waals surface area contributed by atoms with Gasteiger partial charge in [-0.25, -0.2) is 4.57 Å². The zero-order chi connectivity index (χ0) is 15.8. The van der Waals surface area contributed by atoms with Gasteiger partial charge in [0.1, 0.15) is 11.5 Å². The van der Waals surface area contributed by atoms with E-state index in [1.54, 1.807) is 55.5 Å². The average molecular weight is 313 g/mol. The van der Waals surface area contributed by atoms with Gasteiger partial charge in [-0.05, 0) is 36.8 Å². The summed E-state index contributed by atoms with van der Waals surface area (Å²) >= 11 is 0. The molecule has 5 heteroatoms. The Hall–Kier alpha value is -2.50. The molecular weight excluding hydrogens is 297 g/mol. The minimum Gasteiger partial charge on any atom is -0.416 e. The lowest BCUT2D eigenvalue weighted by Gasteiger charge is -2.20. The van der Waals surface area contributed by atoms with E-state index in [1.807, 2.05) is 18.2 Å². The van der Waals surface area contributed by atoms with E-state index in [2.05, 4.69) is 0 Å². The van der Waals surface area contributed by atoms with Crippen molar-refractivity contribution in [3.63, 3.8) is 0 Å². The van der Waals surface area contributed by atoms with E-state index in [-0.39, 0.29) is 6.16 Å². The summed E-state index contributed by atoms with van der Waals surface area (Å²) in [5.74, 6) is 0.929. The lowest BCUT2D eigenvalue weighted by molar-refractivity contribution is 0.388. The highest BCUT2D eigenvalue weighted by molar-refractivity contribution is 7.54. The number of rotatable bonds is 6. The van der Waals surface area contributed by atoms with Crippen LogP contribution >= 0.6 is 7.60 Å². The largest absolute Gasteiger partial charge is 0.434 e. The monoisotopic (exact) mass is 313 g/mol. The van der Waals surface area contributed by atoms with E-state index in [0.717, 1.165) is 0 Å². The number of nitriles is 1. The lowest BCUT2D eigenvalue weighted by Crippen LogP contribution is -2.06. The molecule has 0 unspecified atom stereocenters. The Morgan fingerprint density at radius 2 is 1.50 bits per heavy atom. The predicted molar refractivity (Wildman–Crippen MR) is 86.0 cm³/mol. The fourth-order valence-electron chi connectivity index (χ4n) is 1.83. The van der Waals surface area contributed by atoms with Crippen LogP contribution in [0, 0.1) is 11.3 Å². The topological polar surface area (TPSA) is 59.3 Å². The third kappa shape index (κ3) is 4.80. The van der Waals surface area contributed by atoms with Gasteiger partial charge in [-0.3, -0.25) is 0 Å². The van der Waals surface area contributed by atoms with Gasteiger partial charge >= 0.3 is 7.60 Å². The van der Waals surface area contributed by atoms with Crippen LogP contribution in [0.15, 0.2) is 72.3 Å². The van der Waals surface area contributed by atoms with Gasteiger partial charge in [0.05, 0.1) is 12.2 Å². The zero-order valence-electron chi connectivity index (χ0n) is 12.2. The van der Waals surface area contributed by atoms with Crippen molar-refractivity contribution < 1.29 is 13.6 Å². The molecular formula is C17H16NO3P. The molecule has 0 amide bonds. The molecule has 0 aliphatic carbocycles. The molecule has 2 aromatic rings. The minimum atomic E-state index is -3.47. The van der Waals surface area contributed by atoms with Gasteiger partial charge in [-0.15, -0.1) is 0 Å². The van der Waals surface area contributed by atoms with Gasteiger partial charge in [0, 0.05) is 6.08 Å². The fourth-order valence-corrected chi connectivity index (χ4v) is 3.58. The summed E-state index contributed by atoms with van der Waals surface area (Å²) in [6, 6.07) is 19.6. The molecule has 0 heterocycles. The molecule has 0 saturated heterocycles. The van der Waals surface area contributed by atoms with E-state index < -0.39 is 7.60 Å². The third-order valence-electron chi connectivity index (χ3n) is 2.73. The zero-order valence-corrected chi connectivity index (χ0v) is 13.1. The predicted octanol–water partition coefficient (Wildman–Crippen LogP) is 4.81. The van der Waals surface area contributed by atoms with Gasteiger partial charge in [-0.2, -0.15) is 5.26 Å². The molecule has 0 N–H and O–H groups in total. The molecule has 0 aliphatic rings. The van der Waals surface area contributed by atoms with Crippen molar-refractivity contribution in [1.29, 1.82) is 5.26 Å². The summed E-state index contributed by atoms with van der Waals surface area (Å²) < 4.78 is 24.3. The van der Waals surface area contributed by atoms with Crippen molar-refractivity contribution in [3.8, 4) is 17.6 Å². The first-order valence-corrected chi connectivity index (χ1v) is 8.48. The van der Waals surface area contributed by atoms with E-state index in [4.69, 9.17) is 14.3 Å². The van der Waals surface area contributed by atoms with Crippen LogP contribution in [0.3, 0.4) is 0 Å². The van der Waals surface area contributed by atoms with E-state index in [9.17, 15) is 4.57 Å². The highest BCUT2D eigenvalue weighted by Gasteiger charge is 2.28. The molecule has 2 aromatic carbocycles. The van der Waals surface area contributed by atoms with Gasteiger partial charge in [0.2, 0.25) is 0 Å². The third-order valence-corrected chi connectivity index (χ3v) is 4.59. The van der Waals surface area contributed by atoms with Crippen LogP contribution in [0.1, 0.15) is 6.92 Å². The quantitative estimate of drug-likeness (QED) is 0.567. The molecule has 0 aromatic heterocycles. The molecule has 0 atom stereocenters. The first-order chi connectivity index (χ1) is 10.6. The van der Waals surface area contributed by atoms with Crippen molar-refractivity contribution in [1.82, 2.24) is 0 Å². The first kappa shape index (κ1) is 15.9. The Kier molecular flexibility index (Phi) is 5.41. The van der Waals surface area contributed by atoms with Gasteiger partial charge in [0.25, 0.3) is 0 Å². The Bertz CT molecular complexity index is 675. The summed E-state index contributed by atoms with van der Waals surface area (Å²) in [4.78, 5) is 0. The average Bonchev–Trinajstić information content (AvgIpc) is 2.49. The lowest BCUT2D eigenvalue weighted by atomic mass is 10.3. The number of allylic oxidation sites excluding steroid dienone is 2. The molecule has 22 heavy (non-hydrogen) atoms. The van der Waals surface area contributed by atoms with Gasteiger partial charge < -0.3 is 9.05 Å². The molecule has 0 aliphatic heterocycles. The Morgan fingerprint density at radius 1 is 1.05 bits per heavy atom. The number of para-hydroxylation sites is 2. The van der Waals surface area contributed by atoms with Crippen LogP contribution in [0.25, 0.3) is 0 Å². The van der Waals surface area contributed by atoms with Crippen molar-refractivity contribution in [3.05, 3.63) is 72.3 Å². The maximum atomic E-state index is 13.0. The Balaban J connectivity index is 2.25. The van der Waals surface area contributed by atoms with Crippen molar-refractivity contribution in [2.24, 2.45) is 0 Å². The van der Waals surface area contributed by atoms with E-state index in [1.165, 1.54) is 6.08 Å². The second kappa shape index (κ2) is 7.49. The second-order valence-corrected chi connectivity index (χ2v) is 6.60. The second-order valence-electron chi connectivity index (χ2n) is 4.70. The number of hydrogen-bond acceptors (Lipinski definition) is 4. The molecule has 0 radical (unpaired) electrons. The van der Waals surface area contributed by atoms with E-state index in [0.29, 0.717) is 17.1 Å². The van der Waals surface area contributed by atoms with Crippen LogP contribution < -0.4 is 9.05 Å². The van der Waals surface area contributed by atoms with Crippen LogP contribution in [0.5, 0.6) is 11.5 Å². The fraction of sp³-hybridized carbons (Fsp3) is 0.118. The van der Waals surface area contributed by atoms with Crippen LogP contribution in [0.2, 0.25) is 0 Å². The van der Waals surface area contributed by atoms with Crippen LogP contribution in [-0.4, -0.2) is 6.16 Å². The molecule has 4 nitrogen and oxygen atoms in total. The van der Waals surface area contributed by atoms with Crippen molar-refractivity contribution in [2.45, 2.75) is 6.92 Å². The van der Waals surface area contributed by atoms with Crippen molar-refractivity contribution >= 4 is 7.60 Å². The van der Waals surface area contributed by atoms with Crippen molar-refractivity contribution in [2.75, 3.05) is 6.16 Å². The summed E-state index contributed by atoms with van der Waals surface area (Å²) in [6.45, 7) is 1.72. The number of nitrogens with zero attached hydrogens (tertiary/aromatic N) is 1. The molecule has 0 fully saturated rings. The highest BCUT2D eigenvalue weighted by Crippen LogP contribution is 2.49. The van der Waals surface area contributed by atoms with Crippen LogP contribution in [-0.2, 0) is 4.57 Å². The standard InChI is InChI=1S/C17H16NO3P/c1-15(12-13-18)14-22(19,20-16-8-4-2-5-9-16)21-17-10-6-3-7-11-17/h2-12H,14H2,1H3. The van der Waals surface area contributed by atoms with E-state index >= 15 is 0 Å². The molecule has 0 spiro atoms. The molecule has 0 saturated carbocycles. The number of benzene rings is 2. The Labute approximate surface area is 130 Å². The summed E-state index contributed by atoms with van der Waals surface area (Å²) in [5.41, 5.74) is 0.637. The normalized spacial score (nSPS) is 11.5. The maximum absolute atomic E-state index is 13.0. The highest BCUT2D eigenvalue weighted by atomic mass is 31.2.